The monoisotopic (exact) mass is 385 g/mol. The molecule has 0 N–H and O–H groups in total. The molecule has 4 rings (SSSR count). The van der Waals surface area contributed by atoms with E-state index in [2.05, 4.69) is 97.9 Å². The average molecular weight is 386 g/mol. The largest absolute Gasteiger partial charge is 0.242 e. The lowest BCUT2D eigenvalue weighted by Gasteiger charge is -2.26. The lowest BCUT2D eigenvalue weighted by Crippen LogP contribution is -2.21. The molecule has 1 aliphatic heterocycles. The first-order valence-electron chi connectivity index (χ1n) is 9.96. The maximum absolute atomic E-state index is 2.45. The van der Waals surface area contributed by atoms with Gasteiger partial charge in [0.1, 0.15) is 0 Å². The number of nitrogens with zero attached hydrogens (tertiary/aromatic N) is 1. The molecule has 1 aliphatic rings. The molecule has 0 bridgehead atoms. The molecule has 0 unspecified atom stereocenters. The summed E-state index contributed by atoms with van der Waals surface area (Å²) < 4.78 is 2.45. The molecule has 0 aromatic heterocycles. The van der Waals surface area contributed by atoms with Gasteiger partial charge in [-0.25, -0.2) is 4.31 Å². The molecule has 1 heterocycles. The zero-order valence-electron chi connectivity index (χ0n) is 16.9. The van der Waals surface area contributed by atoms with Crippen LogP contribution in [0.5, 0.6) is 0 Å². The van der Waals surface area contributed by atoms with Crippen molar-refractivity contribution in [3.05, 3.63) is 95.1 Å². The molecule has 142 valence electrons. The first-order chi connectivity index (χ1) is 13.6. The Morgan fingerprint density at radius 2 is 1.46 bits per heavy atom. The Morgan fingerprint density at radius 1 is 0.750 bits per heavy atom. The fraction of sp³-hybridized carbons (Fsp3) is 0.231. The molecule has 0 fully saturated rings. The Kier molecular flexibility index (Phi) is 5.70. The summed E-state index contributed by atoms with van der Waals surface area (Å²) in [7, 11) is 0. The SMILES string of the molecule is Cc1ccccc1SN1CC=C(c2ccc(-c3cccc(C)c3C)cc2)CC1. The fourth-order valence-corrected chi connectivity index (χ4v) is 4.68. The maximum atomic E-state index is 2.45. The standard InChI is InChI=1S/C26H27NS/c1-19-8-6-9-25(21(19)3)24-13-11-22(12-14-24)23-15-17-27(18-16-23)28-26-10-5-4-7-20(26)2/h4-15H,16-18H2,1-3H3. The molecular formula is C26H27NS. The maximum Gasteiger partial charge on any atom is 0.0279 e. The van der Waals surface area contributed by atoms with Crippen molar-refractivity contribution >= 4 is 17.5 Å². The number of rotatable bonds is 4. The van der Waals surface area contributed by atoms with Gasteiger partial charge in [0.15, 0.2) is 0 Å². The van der Waals surface area contributed by atoms with Crippen LogP contribution in [0, 0.1) is 20.8 Å². The minimum Gasteiger partial charge on any atom is -0.242 e. The van der Waals surface area contributed by atoms with E-state index < -0.39 is 0 Å². The second-order valence-electron chi connectivity index (χ2n) is 7.55. The van der Waals surface area contributed by atoms with Gasteiger partial charge in [0, 0.05) is 18.0 Å². The first kappa shape index (κ1) is 19.0. The second kappa shape index (κ2) is 8.38. The van der Waals surface area contributed by atoms with Gasteiger partial charge in [-0.2, -0.15) is 0 Å². The molecule has 0 saturated heterocycles. The van der Waals surface area contributed by atoms with E-state index in [0.29, 0.717) is 0 Å². The van der Waals surface area contributed by atoms with Crippen LogP contribution in [0.1, 0.15) is 28.7 Å². The van der Waals surface area contributed by atoms with Gasteiger partial charge in [-0.05, 0) is 84.2 Å². The Balaban J connectivity index is 1.46. The summed E-state index contributed by atoms with van der Waals surface area (Å²) in [6.07, 6.45) is 3.49. The van der Waals surface area contributed by atoms with E-state index in [4.69, 9.17) is 0 Å². The Labute approximate surface area is 173 Å². The van der Waals surface area contributed by atoms with Crippen molar-refractivity contribution in [2.45, 2.75) is 32.1 Å². The lowest BCUT2D eigenvalue weighted by molar-refractivity contribution is 0.516. The topological polar surface area (TPSA) is 3.24 Å². The van der Waals surface area contributed by atoms with Crippen LogP contribution in [0.2, 0.25) is 0 Å². The summed E-state index contributed by atoms with van der Waals surface area (Å²) >= 11 is 1.88. The molecular weight excluding hydrogens is 358 g/mol. The second-order valence-corrected chi connectivity index (χ2v) is 8.69. The van der Waals surface area contributed by atoms with Crippen LogP contribution in [-0.4, -0.2) is 17.4 Å². The van der Waals surface area contributed by atoms with E-state index in [0.717, 1.165) is 19.5 Å². The van der Waals surface area contributed by atoms with Crippen molar-refractivity contribution in [1.82, 2.24) is 4.31 Å². The minimum absolute atomic E-state index is 0.993. The zero-order chi connectivity index (χ0) is 19.5. The smallest absolute Gasteiger partial charge is 0.0279 e. The van der Waals surface area contributed by atoms with Crippen molar-refractivity contribution in [2.75, 3.05) is 13.1 Å². The van der Waals surface area contributed by atoms with Gasteiger partial charge in [0.05, 0.1) is 0 Å². The molecule has 28 heavy (non-hydrogen) atoms. The summed E-state index contributed by atoms with van der Waals surface area (Å²) in [6.45, 7) is 8.66. The van der Waals surface area contributed by atoms with E-state index in [1.54, 1.807) is 0 Å². The van der Waals surface area contributed by atoms with Crippen LogP contribution in [0.15, 0.2) is 77.7 Å². The van der Waals surface area contributed by atoms with Crippen molar-refractivity contribution < 1.29 is 0 Å². The fourth-order valence-electron chi connectivity index (χ4n) is 3.72. The van der Waals surface area contributed by atoms with E-state index in [1.165, 1.54) is 43.8 Å². The van der Waals surface area contributed by atoms with Crippen LogP contribution in [0.4, 0.5) is 0 Å². The molecule has 0 amide bonds. The third kappa shape index (κ3) is 4.09. The van der Waals surface area contributed by atoms with Gasteiger partial charge in [-0.1, -0.05) is 66.7 Å². The van der Waals surface area contributed by atoms with Crippen LogP contribution < -0.4 is 0 Å². The van der Waals surface area contributed by atoms with Gasteiger partial charge in [0.2, 0.25) is 0 Å². The number of hydrogen-bond donors (Lipinski definition) is 0. The molecule has 1 nitrogen and oxygen atoms in total. The molecule has 2 heteroatoms. The number of aryl methyl sites for hydroxylation is 2. The molecule has 0 spiro atoms. The normalized spacial score (nSPS) is 14.8. The lowest BCUT2D eigenvalue weighted by atomic mass is 9.94. The predicted octanol–water partition coefficient (Wildman–Crippen LogP) is 7.08. The first-order valence-corrected chi connectivity index (χ1v) is 10.7. The summed E-state index contributed by atoms with van der Waals surface area (Å²) in [5.74, 6) is 0. The van der Waals surface area contributed by atoms with E-state index >= 15 is 0 Å². The Bertz CT molecular complexity index is 1000. The quantitative estimate of drug-likeness (QED) is 0.442. The van der Waals surface area contributed by atoms with Gasteiger partial charge < -0.3 is 0 Å². The van der Waals surface area contributed by atoms with Crippen LogP contribution >= 0.6 is 11.9 Å². The van der Waals surface area contributed by atoms with E-state index in [9.17, 15) is 0 Å². The highest BCUT2D eigenvalue weighted by atomic mass is 32.2. The van der Waals surface area contributed by atoms with Crippen LogP contribution in [-0.2, 0) is 0 Å². The minimum atomic E-state index is 0.993. The summed E-state index contributed by atoms with van der Waals surface area (Å²) in [6, 6.07) is 24.3. The summed E-state index contributed by atoms with van der Waals surface area (Å²) in [5, 5.41) is 0. The van der Waals surface area contributed by atoms with Gasteiger partial charge >= 0.3 is 0 Å². The van der Waals surface area contributed by atoms with Crippen LogP contribution in [0.25, 0.3) is 16.7 Å². The summed E-state index contributed by atoms with van der Waals surface area (Å²) in [4.78, 5) is 1.36. The molecule has 0 atom stereocenters. The number of benzene rings is 3. The zero-order valence-corrected chi connectivity index (χ0v) is 17.7. The molecule has 3 aromatic carbocycles. The Hall–Kier alpha value is -2.29. The third-order valence-corrected chi connectivity index (χ3v) is 6.91. The van der Waals surface area contributed by atoms with Crippen molar-refractivity contribution in [3.8, 4) is 11.1 Å². The number of hydrogen-bond acceptors (Lipinski definition) is 2. The van der Waals surface area contributed by atoms with Crippen molar-refractivity contribution in [3.63, 3.8) is 0 Å². The predicted molar refractivity (Wildman–Crippen MR) is 123 cm³/mol. The molecule has 0 saturated carbocycles. The summed E-state index contributed by atoms with van der Waals surface area (Å²) in [5.41, 5.74) is 9.54. The molecule has 3 aromatic rings. The Morgan fingerprint density at radius 3 is 2.18 bits per heavy atom. The van der Waals surface area contributed by atoms with Gasteiger partial charge in [-0.3, -0.25) is 0 Å². The van der Waals surface area contributed by atoms with Crippen molar-refractivity contribution in [1.29, 1.82) is 0 Å². The van der Waals surface area contributed by atoms with E-state index in [-0.39, 0.29) is 0 Å². The third-order valence-electron chi connectivity index (χ3n) is 5.66. The van der Waals surface area contributed by atoms with Crippen molar-refractivity contribution in [2.24, 2.45) is 0 Å². The average Bonchev–Trinajstić information content (AvgIpc) is 2.73. The highest BCUT2D eigenvalue weighted by Gasteiger charge is 2.15. The van der Waals surface area contributed by atoms with Gasteiger partial charge in [0.25, 0.3) is 0 Å². The molecule has 0 aliphatic carbocycles. The van der Waals surface area contributed by atoms with Crippen LogP contribution in [0.3, 0.4) is 0 Å². The molecule has 0 radical (unpaired) electrons. The highest BCUT2D eigenvalue weighted by molar-refractivity contribution is 7.97. The van der Waals surface area contributed by atoms with E-state index in [1.807, 2.05) is 11.9 Å². The van der Waals surface area contributed by atoms with Gasteiger partial charge in [-0.15, -0.1) is 0 Å². The highest BCUT2D eigenvalue weighted by Crippen LogP contribution is 2.32.